The van der Waals surface area contributed by atoms with Crippen molar-refractivity contribution in [2.24, 2.45) is 0 Å². The van der Waals surface area contributed by atoms with E-state index >= 15 is 0 Å². The van der Waals surface area contributed by atoms with Crippen LogP contribution in [0.4, 0.5) is 0 Å². The van der Waals surface area contributed by atoms with Crippen LogP contribution in [0.2, 0.25) is 0 Å². The zero-order chi connectivity index (χ0) is 15.5. The molecule has 0 aliphatic rings. The van der Waals surface area contributed by atoms with Gasteiger partial charge in [-0.05, 0) is 28.5 Å². The minimum Gasteiger partial charge on any atom is -0.475 e. The summed E-state index contributed by atoms with van der Waals surface area (Å²) in [6, 6.07) is 19.1. The van der Waals surface area contributed by atoms with E-state index in [9.17, 15) is 10.1 Å². The molecule has 0 radical (unpaired) electrons. The minimum atomic E-state index is -1.11. The van der Waals surface area contributed by atoms with Gasteiger partial charge in [-0.15, -0.1) is 0 Å². The molecule has 3 aromatic rings. The molecule has 0 fully saturated rings. The summed E-state index contributed by atoms with van der Waals surface area (Å²) in [5.74, 6) is -1.11. The molecular formula is C18H13NO3. The molecule has 0 saturated carbocycles. The summed E-state index contributed by atoms with van der Waals surface area (Å²) in [5, 5.41) is 20.5. The second kappa shape index (κ2) is 5.74. The van der Waals surface area contributed by atoms with Crippen LogP contribution in [0, 0.1) is 11.3 Å². The van der Waals surface area contributed by atoms with Crippen molar-refractivity contribution in [3.05, 3.63) is 71.7 Å². The van der Waals surface area contributed by atoms with Crippen LogP contribution in [-0.2, 0) is 6.42 Å². The third kappa shape index (κ3) is 2.57. The molecule has 0 aliphatic heterocycles. The van der Waals surface area contributed by atoms with Crippen molar-refractivity contribution in [2.45, 2.75) is 12.3 Å². The summed E-state index contributed by atoms with van der Waals surface area (Å²) in [6.45, 7) is 0. The standard InChI is InChI=1S/C18H13NO3/c19-11-13(10-14-8-9-17(22-14)18(20)21)16-7-3-5-12-4-1-2-6-15(12)16/h1-9,13H,10H2,(H,20,21). The van der Waals surface area contributed by atoms with E-state index in [2.05, 4.69) is 6.07 Å². The maximum atomic E-state index is 10.9. The fourth-order valence-corrected chi connectivity index (χ4v) is 2.58. The molecule has 0 spiro atoms. The Hall–Kier alpha value is -3.06. The van der Waals surface area contributed by atoms with Gasteiger partial charge in [-0.3, -0.25) is 0 Å². The molecular weight excluding hydrogens is 278 g/mol. The highest BCUT2D eigenvalue weighted by Gasteiger charge is 2.17. The van der Waals surface area contributed by atoms with E-state index in [0.29, 0.717) is 12.2 Å². The van der Waals surface area contributed by atoms with Crippen LogP contribution in [0.15, 0.2) is 59.0 Å². The molecule has 3 rings (SSSR count). The lowest BCUT2D eigenvalue weighted by atomic mass is 9.91. The first-order chi connectivity index (χ1) is 10.7. The number of nitriles is 1. The lowest BCUT2D eigenvalue weighted by molar-refractivity contribution is 0.0660. The number of hydrogen-bond donors (Lipinski definition) is 1. The lowest BCUT2D eigenvalue weighted by Gasteiger charge is -2.11. The third-order valence-corrected chi connectivity index (χ3v) is 3.63. The Morgan fingerprint density at radius 3 is 2.64 bits per heavy atom. The number of hydrogen-bond acceptors (Lipinski definition) is 3. The molecule has 0 saturated heterocycles. The van der Waals surface area contributed by atoms with Crippen LogP contribution < -0.4 is 0 Å². The maximum absolute atomic E-state index is 10.9. The van der Waals surface area contributed by atoms with Crippen molar-refractivity contribution in [3.8, 4) is 6.07 Å². The van der Waals surface area contributed by atoms with Crippen LogP contribution in [0.1, 0.15) is 27.8 Å². The summed E-state index contributed by atoms with van der Waals surface area (Å²) in [6.07, 6.45) is 0.345. The number of rotatable bonds is 4. The molecule has 0 amide bonds. The van der Waals surface area contributed by atoms with E-state index in [1.165, 1.54) is 6.07 Å². The third-order valence-electron chi connectivity index (χ3n) is 3.63. The summed E-state index contributed by atoms with van der Waals surface area (Å²) in [4.78, 5) is 10.9. The van der Waals surface area contributed by atoms with E-state index in [-0.39, 0.29) is 11.7 Å². The molecule has 1 aromatic heterocycles. The van der Waals surface area contributed by atoms with Crippen molar-refractivity contribution < 1.29 is 14.3 Å². The Balaban J connectivity index is 1.96. The Morgan fingerprint density at radius 2 is 1.91 bits per heavy atom. The normalized spacial score (nSPS) is 12.0. The molecule has 4 nitrogen and oxygen atoms in total. The van der Waals surface area contributed by atoms with Crippen LogP contribution in [0.3, 0.4) is 0 Å². The number of carboxylic acids is 1. The number of carboxylic acid groups (broad SMARTS) is 1. The first kappa shape index (κ1) is 13.9. The van der Waals surface area contributed by atoms with E-state index in [1.54, 1.807) is 6.07 Å². The Morgan fingerprint density at radius 1 is 1.14 bits per heavy atom. The summed E-state index contributed by atoms with van der Waals surface area (Å²) in [5.41, 5.74) is 0.925. The predicted molar refractivity (Wildman–Crippen MR) is 81.7 cm³/mol. The van der Waals surface area contributed by atoms with Gasteiger partial charge in [0.05, 0.1) is 12.0 Å². The van der Waals surface area contributed by atoms with Gasteiger partial charge < -0.3 is 9.52 Å². The van der Waals surface area contributed by atoms with Gasteiger partial charge in [0, 0.05) is 6.42 Å². The zero-order valence-electron chi connectivity index (χ0n) is 11.7. The maximum Gasteiger partial charge on any atom is 0.371 e. The van der Waals surface area contributed by atoms with Gasteiger partial charge >= 0.3 is 5.97 Å². The molecule has 108 valence electrons. The summed E-state index contributed by atoms with van der Waals surface area (Å²) < 4.78 is 5.26. The highest BCUT2D eigenvalue weighted by atomic mass is 16.4. The van der Waals surface area contributed by atoms with Crippen LogP contribution in [0.5, 0.6) is 0 Å². The quantitative estimate of drug-likeness (QED) is 0.789. The SMILES string of the molecule is N#CC(Cc1ccc(C(=O)O)o1)c1cccc2ccccc12. The molecule has 1 unspecified atom stereocenters. The fourth-order valence-electron chi connectivity index (χ4n) is 2.58. The topological polar surface area (TPSA) is 74.2 Å². The molecule has 2 aromatic carbocycles. The number of carbonyl (C=O) groups is 1. The van der Waals surface area contributed by atoms with Gasteiger partial charge in [0.15, 0.2) is 0 Å². The van der Waals surface area contributed by atoms with Gasteiger partial charge in [0.1, 0.15) is 5.76 Å². The molecule has 1 N–H and O–H groups in total. The molecule has 1 heterocycles. The lowest BCUT2D eigenvalue weighted by Crippen LogP contribution is -2.01. The predicted octanol–water partition coefficient (Wildman–Crippen LogP) is 3.98. The van der Waals surface area contributed by atoms with E-state index in [1.807, 2.05) is 42.5 Å². The van der Waals surface area contributed by atoms with Gasteiger partial charge in [-0.1, -0.05) is 42.5 Å². The van der Waals surface area contributed by atoms with Crippen LogP contribution in [-0.4, -0.2) is 11.1 Å². The van der Waals surface area contributed by atoms with Crippen molar-refractivity contribution in [1.29, 1.82) is 5.26 Å². The van der Waals surface area contributed by atoms with E-state index in [0.717, 1.165) is 16.3 Å². The van der Waals surface area contributed by atoms with Crippen molar-refractivity contribution in [3.63, 3.8) is 0 Å². The summed E-state index contributed by atoms with van der Waals surface area (Å²) >= 11 is 0. The smallest absolute Gasteiger partial charge is 0.371 e. The first-order valence-corrected chi connectivity index (χ1v) is 6.88. The zero-order valence-corrected chi connectivity index (χ0v) is 11.7. The van der Waals surface area contributed by atoms with Crippen molar-refractivity contribution in [1.82, 2.24) is 0 Å². The van der Waals surface area contributed by atoms with Gasteiger partial charge in [-0.2, -0.15) is 5.26 Å². The van der Waals surface area contributed by atoms with Crippen LogP contribution >= 0.6 is 0 Å². The number of aromatic carboxylic acids is 1. The summed E-state index contributed by atoms with van der Waals surface area (Å²) in [7, 11) is 0. The second-order valence-corrected chi connectivity index (χ2v) is 5.03. The molecule has 1 atom stereocenters. The van der Waals surface area contributed by atoms with Gasteiger partial charge in [0.25, 0.3) is 0 Å². The molecule has 0 bridgehead atoms. The number of nitrogens with zero attached hydrogens (tertiary/aromatic N) is 1. The minimum absolute atomic E-state index is 0.107. The van der Waals surface area contributed by atoms with Gasteiger partial charge in [-0.25, -0.2) is 4.79 Å². The van der Waals surface area contributed by atoms with Crippen molar-refractivity contribution >= 4 is 16.7 Å². The molecule has 4 heteroatoms. The monoisotopic (exact) mass is 291 g/mol. The Bertz CT molecular complexity index is 868. The van der Waals surface area contributed by atoms with E-state index in [4.69, 9.17) is 9.52 Å². The van der Waals surface area contributed by atoms with Crippen molar-refractivity contribution in [2.75, 3.05) is 0 Å². The number of furan rings is 1. The molecule has 22 heavy (non-hydrogen) atoms. The number of benzene rings is 2. The Kier molecular flexibility index (Phi) is 3.63. The number of fused-ring (bicyclic) bond motifs is 1. The highest BCUT2D eigenvalue weighted by molar-refractivity contribution is 5.86. The highest BCUT2D eigenvalue weighted by Crippen LogP contribution is 2.28. The van der Waals surface area contributed by atoms with E-state index < -0.39 is 5.97 Å². The second-order valence-electron chi connectivity index (χ2n) is 5.03. The average Bonchev–Trinajstić information content (AvgIpc) is 3.01. The van der Waals surface area contributed by atoms with Gasteiger partial charge in [0.2, 0.25) is 5.76 Å². The first-order valence-electron chi connectivity index (χ1n) is 6.88. The largest absolute Gasteiger partial charge is 0.475 e. The molecule has 0 aliphatic carbocycles. The Labute approximate surface area is 127 Å². The average molecular weight is 291 g/mol. The van der Waals surface area contributed by atoms with Crippen LogP contribution in [0.25, 0.3) is 10.8 Å². The fraction of sp³-hybridized carbons (Fsp3) is 0.111.